The van der Waals surface area contributed by atoms with Crippen molar-refractivity contribution in [2.45, 2.75) is 44.2 Å². The monoisotopic (exact) mass is 571 g/mol. The Balaban J connectivity index is 1.67. The number of hydrogen-bond donors (Lipinski definition) is 2. The van der Waals surface area contributed by atoms with Gasteiger partial charge in [-0.2, -0.15) is 0 Å². The van der Waals surface area contributed by atoms with E-state index in [0.29, 0.717) is 12.3 Å². The molecule has 0 saturated heterocycles. The molecule has 3 aromatic carbocycles. The van der Waals surface area contributed by atoms with Gasteiger partial charge in [-0.1, -0.05) is 25.5 Å². The van der Waals surface area contributed by atoms with E-state index in [1.54, 1.807) is 26.2 Å². The highest BCUT2D eigenvalue weighted by Crippen LogP contribution is 2.20. The average Bonchev–Trinajstić information content (AvgIpc) is 2.96. The zero-order valence-electron chi connectivity index (χ0n) is 22.7. The molecule has 11 heteroatoms. The molecule has 9 nitrogen and oxygen atoms in total. The summed E-state index contributed by atoms with van der Waals surface area (Å²) in [6.07, 6.45) is 1.76. The zero-order valence-corrected chi connectivity index (χ0v) is 23.5. The number of anilines is 1. The Morgan fingerprint density at radius 2 is 1.57 bits per heavy atom. The van der Waals surface area contributed by atoms with Gasteiger partial charge >= 0.3 is 0 Å². The molecule has 1 atom stereocenters. The van der Waals surface area contributed by atoms with E-state index in [4.69, 9.17) is 9.47 Å². The number of nitrogens with zero attached hydrogens (tertiary/aromatic N) is 1. The van der Waals surface area contributed by atoms with Gasteiger partial charge in [0.15, 0.2) is 6.61 Å². The van der Waals surface area contributed by atoms with Crippen LogP contribution in [0, 0.1) is 5.82 Å². The molecule has 0 heterocycles. The number of hydrogen-bond acceptors (Lipinski definition) is 6. The number of rotatable bonds is 14. The molecule has 2 N–H and O–H groups in total. The number of carbonyl (C=O) groups excluding carboxylic acids is 2. The number of amides is 2. The van der Waals surface area contributed by atoms with E-state index in [1.807, 2.05) is 19.1 Å². The van der Waals surface area contributed by atoms with Crippen molar-refractivity contribution < 1.29 is 31.9 Å². The van der Waals surface area contributed by atoms with Crippen LogP contribution in [0.4, 0.5) is 10.1 Å². The molecule has 0 aliphatic rings. The fourth-order valence-electron chi connectivity index (χ4n) is 3.72. The van der Waals surface area contributed by atoms with Crippen molar-refractivity contribution in [2.24, 2.45) is 0 Å². The smallest absolute Gasteiger partial charge is 0.261 e. The first-order valence-corrected chi connectivity index (χ1v) is 14.3. The van der Waals surface area contributed by atoms with E-state index >= 15 is 0 Å². The molecule has 0 radical (unpaired) electrons. The van der Waals surface area contributed by atoms with E-state index in [0.717, 1.165) is 30.5 Å². The summed E-state index contributed by atoms with van der Waals surface area (Å²) in [6.45, 7) is 4.03. The van der Waals surface area contributed by atoms with E-state index < -0.39 is 27.8 Å². The summed E-state index contributed by atoms with van der Waals surface area (Å²) in [5.74, 6) is -0.206. The van der Waals surface area contributed by atoms with Crippen LogP contribution in [0.15, 0.2) is 77.7 Å². The fourth-order valence-corrected chi connectivity index (χ4v) is 4.78. The minimum absolute atomic E-state index is 0.0333. The largest absolute Gasteiger partial charge is 0.497 e. The second-order valence-electron chi connectivity index (χ2n) is 9.06. The third kappa shape index (κ3) is 8.70. The van der Waals surface area contributed by atoms with Crippen LogP contribution < -0.4 is 19.5 Å². The SMILES string of the molecule is CCCCNC(=O)[C@H](C)N(Cc1ccc(OC)cc1)C(=O)COc1ccc(S(=O)(=O)Nc2ccc(F)cc2)cc1. The van der Waals surface area contributed by atoms with Crippen LogP contribution in [-0.4, -0.2) is 51.4 Å². The molecule has 0 bridgehead atoms. The van der Waals surface area contributed by atoms with Crippen LogP contribution >= 0.6 is 0 Å². The molecule has 0 aliphatic carbocycles. The maximum atomic E-state index is 13.2. The van der Waals surface area contributed by atoms with Crippen LogP contribution in [0.1, 0.15) is 32.3 Å². The summed E-state index contributed by atoms with van der Waals surface area (Å²) in [5.41, 5.74) is 1.03. The Kier molecular flexibility index (Phi) is 10.9. The normalized spacial score (nSPS) is 11.8. The van der Waals surface area contributed by atoms with Gasteiger partial charge in [0.25, 0.3) is 15.9 Å². The van der Waals surface area contributed by atoms with Gasteiger partial charge in [-0.05, 0) is 79.6 Å². The molecule has 0 aromatic heterocycles. The van der Waals surface area contributed by atoms with E-state index in [-0.39, 0.29) is 35.4 Å². The quantitative estimate of drug-likeness (QED) is 0.278. The van der Waals surface area contributed by atoms with Crippen molar-refractivity contribution in [2.75, 3.05) is 25.0 Å². The van der Waals surface area contributed by atoms with Crippen LogP contribution in [0.25, 0.3) is 0 Å². The zero-order chi connectivity index (χ0) is 29.1. The number of ether oxygens (including phenoxy) is 2. The first-order chi connectivity index (χ1) is 19.1. The molecular formula is C29H34FN3O6S. The Morgan fingerprint density at radius 1 is 0.950 bits per heavy atom. The van der Waals surface area contributed by atoms with Gasteiger partial charge in [-0.3, -0.25) is 14.3 Å². The third-order valence-corrected chi connectivity index (χ3v) is 7.50. The maximum absolute atomic E-state index is 13.2. The topological polar surface area (TPSA) is 114 Å². The molecular weight excluding hydrogens is 537 g/mol. The van der Waals surface area contributed by atoms with Gasteiger partial charge in [0, 0.05) is 18.8 Å². The molecule has 214 valence electrons. The van der Waals surface area contributed by atoms with Gasteiger partial charge in [0.2, 0.25) is 5.91 Å². The number of halogens is 1. The molecule has 3 aromatic rings. The summed E-state index contributed by atoms with van der Waals surface area (Å²) < 4.78 is 51.6. The van der Waals surface area contributed by atoms with Crippen molar-refractivity contribution in [3.05, 3.63) is 84.2 Å². The van der Waals surface area contributed by atoms with Crippen LogP contribution in [0.3, 0.4) is 0 Å². The van der Waals surface area contributed by atoms with E-state index in [2.05, 4.69) is 10.0 Å². The fraction of sp³-hybridized carbons (Fsp3) is 0.310. The van der Waals surface area contributed by atoms with E-state index in [1.165, 1.54) is 41.3 Å². The summed E-state index contributed by atoms with van der Waals surface area (Å²) in [4.78, 5) is 27.4. The van der Waals surface area contributed by atoms with Crippen molar-refractivity contribution in [1.82, 2.24) is 10.2 Å². The van der Waals surface area contributed by atoms with Gasteiger partial charge in [0.1, 0.15) is 23.4 Å². The molecule has 0 saturated carbocycles. The Hall–Kier alpha value is -4.12. The lowest BCUT2D eigenvalue weighted by molar-refractivity contribution is -0.142. The minimum atomic E-state index is -3.91. The second-order valence-corrected chi connectivity index (χ2v) is 10.7. The van der Waals surface area contributed by atoms with Gasteiger partial charge in [-0.15, -0.1) is 0 Å². The molecule has 0 aliphatic heterocycles. The average molecular weight is 572 g/mol. The summed E-state index contributed by atoms with van der Waals surface area (Å²) in [6, 6.07) is 16.9. The molecule has 2 amide bonds. The standard InChI is InChI=1S/C29H34FN3O6S/c1-4-5-18-31-29(35)21(2)33(19-22-6-12-25(38-3)13-7-22)28(34)20-39-26-14-16-27(17-15-26)40(36,37)32-24-10-8-23(30)9-11-24/h6-17,21,32H,4-5,18-20H2,1-3H3,(H,31,35)/t21-/m0/s1. The highest BCUT2D eigenvalue weighted by atomic mass is 32.2. The summed E-state index contributed by atoms with van der Waals surface area (Å²) in [7, 11) is -2.35. The lowest BCUT2D eigenvalue weighted by Crippen LogP contribution is -2.49. The molecule has 3 rings (SSSR count). The number of methoxy groups -OCH3 is 1. The van der Waals surface area contributed by atoms with E-state index in [9.17, 15) is 22.4 Å². The number of sulfonamides is 1. The third-order valence-electron chi connectivity index (χ3n) is 6.10. The number of unbranched alkanes of at least 4 members (excludes halogenated alkanes) is 1. The van der Waals surface area contributed by atoms with Gasteiger partial charge < -0.3 is 19.7 Å². The predicted molar refractivity (Wildman–Crippen MR) is 150 cm³/mol. The first kappa shape index (κ1) is 30.4. The number of nitrogens with one attached hydrogen (secondary N) is 2. The molecule has 40 heavy (non-hydrogen) atoms. The molecule has 0 unspecified atom stereocenters. The summed E-state index contributed by atoms with van der Waals surface area (Å²) >= 11 is 0. The molecule has 0 spiro atoms. The second kappa shape index (κ2) is 14.3. The Bertz CT molecular complexity index is 1360. The lowest BCUT2D eigenvalue weighted by atomic mass is 10.1. The van der Waals surface area contributed by atoms with Crippen molar-refractivity contribution in [3.63, 3.8) is 0 Å². The maximum Gasteiger partial charge on any atom is 0.261 e. The van der Waals surface area contributed by atoms with Crippen LogP contribution in [0.5, 0.6) is 11.5 Å². The minimum Gasteiger partial charge on any atom is -0.497 e. The van der Waals surface area contributed by atoms with Crippen molar-refractivity contribution in [1.29, 1.82) is 0 Å². The first-order valence-electron chi connectivity index (χ1n) is 12.8. The highest BCUT2D eigenvalue weighted by Gasteiger charge is 2.26. The van der Waals surface area contributed by atoms with Crippen molar-refractivity contribution >= 4 is 27.5 Å². The van der Waals surface area contributed by atoms with Crippen LogP contribution in [0.2, 0.25) is 0 Å². The highest BCUT2D eigenvalue weighted by molar-refractivity contribution is 7.92. The van der Waals surface area contributed by atoms with Gasteiger partial charge in [-0.25, -0.2) is 12.8 Å². The van der Waals surface area contributed by atoms with Crippen molar-refractivity contribution in [3.8, 4) is 11.5 Å². The predicted octanol–water partition coefficient (Wildman–Crippen LogP) is 4.35. The van der Waals surface area contributed by atoms with Crippen LogP contribution in [-0.2, 0) is 26.2 Å². The summed E-state index contributed by atoms with van der Waals surface area (Å²) in [5, 5.41) is 2.86. The Morgan fingerprint density at radius 3 is 2.17 bits per heavy atom. The number of benzene rings is 3. The Labute approximate surface area is 234 Å². The number of carbonyl (C=O) groups is 2. The lowest BCUT2D eigenvalue weighted by Gasteiger charge is -2.28. The van der Waals surface area contributed by atoms with Gasteiger partial charge in [0.05, 0.1) is 12.0 Å². The molecule has 0 fully saturated rings.